The highest BCUT2D eigenvalue weighted by molar-refractivity contribution is 4.88. The summed E-state index contributed by atoms with van der Waals surface area (Å²) in [7, 11) is 2.20. The lowest BCUT2D eigenvalue weighted by Gasteiger charge is -2.26. The molecule has 0 spiro atoms. The van der Waals surface area contributed by atoms with Crippen LogP contribution in [0.4, 0.5) is 0 Å². The second kappa shape index (κ2) is 3.67. The first-order chi connectivity index (χ1) is 4.84. The van der Waals surface area contributed by atoms with Crippen molar-refractivity contribution in [1.82, 2.24) is 4.90 Å². The molecule has 10 heavy (non-hydrogen) atoms. The van der Waals surface area contributed by atoms with Crippen LogP contribution in [0.3, 0.4) is 0 Å². The van der Waals surface area contributed by atoms with Gasteiger partial charge in [0.2, 0.25) is 0 Å². The molecule has 1 heteroatoms. The molecule has 0 aromatic rings. The van der Waals surface area contributed by atoms with E-state index in [9.17, 15) is 0 Å². The lowest BCUT2D eigenvalue weighted by Crippen LogP contribution is -2.35. The zero-order valence-corrected chi connectivity index (χ0v) is 6.71. The molecule has 0 aromatic carbocycles. The van der Waals surface area contributed by atoms with Crippen LogP contribution in [0.25, 0.3) is 0 Å². The first-order valence-electron chi connectivity index (χ1n) is 3.97. The molecule has 1 aliphatic heterocycles. The van der Waals surface area contributed by atoms with Crippen molar-refractivity contribution in [2.24, 2.45) is 0 Å². The summed E-state index contributed by atoms with van der Waals surface area (Å²) in [6, 6.07) is 0.728. The molecule has 1 aliphatic rings. The maximum atomic E-state index is 3.75. The molecule has 1 heterocycles. The molecule has 1 unspecified atom stereocenters. The van der Waals surface area contributed by atoms with Crippen LogP contribution in [0.5, 0.6) is 0 Å². The zero-order valence-electron chi connectivity index (χ0n) is 6.71. The minimum Gasteiger partial charge on any atom is -0.295 e. The lowest BCUT2D eigenvalue weighted by molar-refractivity contribution is 0.214. The summed E-state index contributed by atoms with van der Waals surface area (Å²) in [6.07, 6.45) is 8.02. The number of rotatable bonds is 2. The van der Waals surface area contributed by atoms with E-state index in [-0.39, 0.29) is 0 Å². The van der Waals surface area contributed by atoms with E-state index in [0.717, 1.165) is 12.5 Å². The standard InChI is InChI=1S/C9H16N/c1-3-6-9-7-4-5-8-10(9)2/h3-4,9H,1,5-8H2,2H3/q+1. The van der Waals surface area contributed by atoms with Crippen LogP contribution in [-0.4, -0.2) is 24.5 Å². The van der Waals surface area contributed by atoms with Gasteiger partial charge >= 0.3 is 0 Å². The van der Waals surface area contributed by atoms with Gasteiger partial charge in [0.25, 0.3) is 0 Å². The van der Waals surface area contributed by atoms with E-state index < -0.39 is 0 Å². The Morgan fingerprint density at radius 2 is 2.60 bits per heavy atom. The average molecular weight is 138 g/mol. The Bertz CT molecular complexity index is 109. The van der Waals surface area contributed by atoms with E-state index in [1.165, 1.54) is 19.4 Å². The molecule has 0 bridgehead atoms. The summed E-state index contributed by atoms with van der Waals surface area (Å²) in [6.45, 7) is 4.97. The highest BCUT2D eigenvalue weighted by Crippen LogP contribution is 2.16. The second-order valence-electron chi connectivity index (χ2n) is 2.97. The summed E-state index contributed by atoms with van der Waals surface area (Å²) in [5.74, 6) is 0. The number of nitrogens with zero attached hydrogens (tertiary/aromatic N) is 1. The molecular weight excluding hydrogens is 122 g/mol. The van der Waals surface area contributed by atoms with Crippen LogP contribution in [0.15, 0.2) is 12.7 Å². The number of hydrogen-bond acceptors (Lipinski definition) is 1. The van der Waals surface area contributed by atoms with Crippen LogP contribution >= 0.6 is 0 Å². The SMILES string of the molecule is C=CCC1C[CH+]CCN1C. The third-order valence-electron chi connectivity index (χ3n) is 2.19. The van der Waals surface area contributed by atoms with Crippen molar-refractivity contribution in [3.63, 3.8) is 0 Å². The fraction of sp³-hybridized carbons (Fsp3) is 0.667. The van der Waals surface area contributed by atoms with Gasteiger partial charge in [-0.15, -0.1) is 6.58 Å². The van der Waals surface area contributed by atoms with Crippen LogP contribution in [0.1, 0.15) is 19.3 Å². The predicted octanol–water partition coefficient (Wildman–Crippen LogP) is 1.86. The van der Waals surface area contributed by atoms with Gasteiger partial charge in [0.15, 0.2) is 0 Å². The second-order valence-corrected chi connectivity index (χ2v) is 2.97. The molecule has 0 aromatic heterocycles. The minimum atomic E-state index is 0.728. The molecule has 1 atom stereocenters. The Labute approximate surface area is 63.7 Å². The normalized spacial score (nSPS) is 27.5. The molecule has 1 fully saturated rings. The Morgan fingerprint density at radius 3 is 3.20 bits per heavy atom. The van der Waals surface area contributed by atoms with Gasteiger partial charge in [-0.05, 0) is 13.5 Å². The Hall–Kier alpha value is -0.430. The van der Waals surface area contributed by atoms with E-state index >= 15 is 0 Å². The molecular formula is C9H16N+. The molecule has 0 aliphatic carbocycles. The minimum absolute atomic E-state index is 0.728. The van der Waals surface area contributed by atoms with E-state index in [1.807, 2.05) is 6.08 Å². The fourth-order valence-corrected chi connectivity index (χ4v) is 1.44. The molecule has 0 saturated carbocycles. The van der Waals surface area contributed by atoms with Crippen molar-refractivity contribution < 1.29 is 0 Å². The highest BCUT2D eigenvalue weighted by atomic mass is 15.1. The van der Waals surface area contributed by atoms with Crippen LogP contribution in [0.2, 0.25) is 0 Å². The van der Waals surface area contributed by atoms with Crippen molar-refractivity contribution >= 4 is 0 Å². The van der Waals surface area contributed by atoms with Gasteiger partial charge in [0.05, 0.1) is 12.5 Å². The first kappa shape index (κ1) is 7.67. The van der Waals surface area contributed by atoms with Gasteiger partial charge < -0.3 is 0 Å². The molecule has 0 amide bonds. The molecule has 0 N–H and O–H groups in total. The number of piperidine rings is 1. The maximum Gasteiger partial charge on any atom is 0.103 e. The summed E-state index contributed by atoms with van der Waals surface area (Å²) >= 11 is 0. The molecule has 0 radical (unpaired) electrons. The molecule has 1 rings (SSSR count). The zero-order chi connectivity index (χ0) is 7.40. The van der Waals surface area contributed by atoms with Crippen molar-refractivity contribution in [1.29, 1.82) is 0 Å². The van der Waals surface area contributed by atoms with Crippen LogP contribution in [0, 0.1) is 6.42 Å². The summed E-state index contributed by atoms with van der Waals surface area (Å²) in [5.41, 5.74) is 0. The molecule has 56 valence electrons. The third-order valence-corrected chi connectivity index (χ3v) is 2.19. The van der Waals surface area contributed by atoms with E-state index in [4.69, 9.17) is 0 Å². The summed E-state index contributed by atoms with van der Waals surface area (Å²) in [5, 5.41) is 0. The van der Waals surface area contributed by atoms with Crippen molar-refractivity contribution in [3.8, 4) is 0 Å². The highest BCUT2D eigenvalue weighted by Gasteiger charge is 2.22. The van der Waals surface area contributed by atoms with Crippen molar-refractivity contribution in [2.45, 2.75) is 25.3 Å². The first-order valence-corrected chi connectivity index (χ1v) is 3.97. The third kappa shape index (κ3) is 1.77. The molecule has 1 saturated heterocycles. The molecule has 1 nitrogen and oxygen atoms in total. The van der Waals surface area contributed by atoms with Crippen LogP contribution < -0.4 is 0 Å². The summed E-state index contributed by atoms with van der Waals surface area (Å²) < 4.78 is 0. The van der Waals surface area contributed by atoms with Crippen molar-refractivity contribution in [3.05, 3.63) is 19.1 Å². The monoisotopic (exact) mass is 138 g/mol. The Balaban J connectivity index is 2.32. The smallest absolute Gasteiger partial charge is 0.103 e. The maximum absolute atomic E-state index is 3.75. The van der Waals surface area contributed by atoms with E-state index in [1.54, 1.807) is 0 Å². The van der Waals surface area contributed by atoms with Gasteiger partial charge in [-0.1, -0.05) is 6.08 Å². The van der Waals surface area contributed by atoms with Gasteiger partial charge in [-0.25, -0.2) is 0 Å². The largest absolute Gasteiger partial charge is 0.295 e. The number of likely N-dealkylation sites (tertiary alicyclic amines) is 1. The van der Waals surface area contributed by atoms with Gasteiger partial charge in [-0.2, -0.15) is 0 Å². The Kier molecular flexibility index (Phi) is 2.82. The van der Waals surface area contributed by atoms with E-state index in [0.29, 0.717) is 0 Å². The summed E-state index contributed by atoms with van der Waals surface area (Å²) in [4.78, 5) is 2.42. The van der Waals surface area contributed by atoms with Crippen molar-refractivity contribution in [2.75, 3.05) is 13.6 Å². The Morgan fingerprint density at radius 1 is 1.80 bits per heavy atom. The quantitative estimate of drug-likeness (QED) is 0.416. The van der Waals surface area contributed by atoms with Gasteiger partial charge in [0.1, 0.15) is 12.8 Å². The fourth-order valence-electron chi connectivity index (χ4n) is 1.44. The topological polar surface area (TPSA) is 3.24 Å². The van der Waals surface area contributed by atoms with Crippen LogP contribution in [-0.2, 0) is 0 Å². The van der Waals surface area contributed by atoms with Gasteiger partial charge in [-0.3, -0.25) is 4.90 Å². The van der Waals surface area contributed by atoms with Gasteiger partial charge in [0, 0.05) is 6.54 Å². The lowest BCUT2D eigenvalue weighted by atomic mass is 10.0. The van der Waals surface area contributed by atoms with E-state index in [2.05, 4.69) is 24.9 Å². The number of hydrogen-bond donors (Lipinski definition) is 0. The predicted molar refractivity (Wildman–Crippen MR) is 44.8 cm³/mol. The average Bonchev–Trinajstić information content (AvgIpc) is 1.94.